The molecule has 0 saturated heterocycles. The molecule has 5 N–H and O–H groups in total. The second-order valence-corrected chi connectivity index (χ2v) is 4.06. The predicted molar refractivity (Wildman–Crippen MR) is 60.7 cm³/mol. The van der Waals surface area contributed by atoms with Gasteiger partial charge in [0.1, 0.15) is 0 Å². The number of carboxylic acids is 1. The summed E-state index contributed by atoms with van der Waals surface area (Å²) in [4.78, 5) is 21.7. The van der Waals surface area contributed by atoms with Gasteiger partial charge in [0.2, 0.25) is 0 Å². The van der Waals surface area contributed by atoms with E-state index in [-0.39, 0.29) is 0 Å². The third-order valence-corrected chi connectivity index (χ3v) is 2.44. The fourth-order valence-corrected chi connectivity index (χ4v) is 1.28. The molecule has 7 heteroatoms. The number of urea groups is 1. The SMILES string of the molecule is O=C(NCCCNC1CC1)N[C@H](CO)C(=O)O. The molecule has 7 nitrogen and oxygen atoms in total. The highest BCUT2D eigenvalue weighted by Crippen LogP contribution is 2.18. The normalized spacial score (nSPS) is 16.3. The van der Waals surface area contributed by atoms with Gasteiger partial charge in [-0.1, -0.05) is 0 Å². The number of hydrogen-bond donors (Lipinski definition) is 5. The van der Waals surface area contributed by atoms with Gasteiger partial charge in [0.05, 0.1) is 6.61 Å². The average molecular weight is 245 g/mol. The molecule has 0 unspecified atom stereocenters. The van der Waals surface area contributed by atoms with E-state index in [2.05, 4.69) is 16.0 Å². The number of carbonyl (C=O) groups excluding carboxylic acids is 1. The maximum Gasteiger partial charge on any atom is 0.328 e. The lowest BCUT2D eigenvalue weighted by molar-refractivity contribution is -0.140. The van der Waals surface area contributed by atoms with Crippen LogP contribution in [0.2, 0.25) is 0 Å². The number of aliphatic hydroxyl groups is 1. The van der Waals surface area contributed by atoms with Crippen LogP contribution in [0.25, 0.3) is 0 Å². The van der Waals surface area contributed by atoms with Gasteiger partial charge in [-0.05, 0) is 25.8 Å². The van der Waals surface area contributed by atoms with Gasteiger partial charge in [-0.15, -0.1) is 0 Å². The molecule has 1 fully saturated rings. The minimum Gasteiger partial charge on any atom is -0.480 e. The number of nitrogens with one attached hydrogen (secondary N) is 3. The zero-order chi connectivity index (χ0) is 12.7. The van der Waals surface area contributed by atoms with Crippen molar-refractivity contribution < 1.29 is 19.8 Å². The fourth-order valence-electron chi connectivity index (χ4n) is 1.28. The van der Waals surface area contributed by atoms with Crippen molar-refractivity contribution in [2.24, 2.45) is 0 Å². The molecular weight excluding hydrogens is 226 g/mol. The first-order chi connectivity index (χ1) is 8.13. The van der Waals surface area contributed by atoms with Crippen molar-refractivity contribution in [2.45, 2.75) is 31.3 Å². The summed E-state index contributed by atoms with van der Waals surface area (Å²) in [6.45, 7) is 0.697. The Morgan fingerprint density at radius 3 is 2.53 bits per heavy atom. The van der Waals surface area contributed by atoms with Crippen LogP contribution in [-0.2, 0) is 4.79 Å². The molecule has 1 atom stereocenters. The molecule has 0 aromatic rings. The van der Waals surface area contributed by atoms with Crippen LogP contribution in [0.1, 0.15) is 19.3 Å². The first kappa shape index (κ1) is 13.7. The van der Waals surface area contributed by atoms with Gasteiger partial charge in [0.25, 0.3) is 0 Å². The molecule has 0 aliphatic heterocycles. The molecule has 2 amide bonds. The number of carbonyl (C=O) groups is 2. The Bertz CT molecular complexity index is 268. The molecule has 0 heterocycles. The summed E-state index contributed by atoms with van der Waals surface area (Å²) in [7, 11) is 0. The second-order valence-electron chi connectivity index (χ2n) is 4.06. The van der Waals surface area contributed by atoms with E-state index in [4.69, 9.17) is 10.2 Å². The zero-order valence-electron chi connectivity index (χ0n) is 9.61. The predicted octanol–water partition coefficient (Wildman–Crippen LogP) is -1.13. The summed E-state index contributed by atoms with van der Waals surface area (Å²) in [6.07, 6.45) is 3.25. The molecule has 98 valence electrons. The highest BCUT2D eigenvalue weighted by Gasteiger charge is 2.20. The maximum atomic E-state index is 11.2. The average Bonchev–Trinajstić information content (AvgIpc) is 3.09. The monoisotopic (exact) mass is 245 g/mol. The zero-order valence-corrected chi connectivity index (χ0v) is 9.61. The molecule has 0 aromatic heterocycles. The molecule has 0 radical (unpaired) electrons. The Balaban J connectivity index is 2.00. The molecule has 1 aliphatic carbocycles. The number of amides is 2. The Kier molecular flexibility index (Phi) is 5.71. The van der Waals surface area contributed by atoms with Gasteiger partial charge in [0, 0.05) is 12.6 Å². The number of hydrogen-bond acceptors (Lipinski definition) is 4. The summed E-state index contributed by atoms with van der Waals surface area (Å²) < 4.78 is 0. The van der Waals surface area contributed by atoms with E-state index >= 15 is 0 Å². The smallest absolute Gasteiger partial charge is 0.328 e. The van der Waals surface area contributed by atoms with E-state index in [1.54, 1.807) is 0 Å². The van der Waals surface area contributed by atoms with Crippen molar-refractivity contribution in [2.75, 3.05) is 19.7 Å². The van der Waals surface area contributed by atoms with Gasteiger partial charge in [-0.2, -0.15) is 0 Å². The molecule has 0 aromatic carbocycles. The van der Waals surface area contributed by atoms with Crippen LogP contribution in [0.3, 0.4) is 0 Å². The first-order valence-electron chi connectivity index (χ1n) is 5.75. The topological polar surface area (TPSA) is 111 Å². The Labute approximate surface area is 99.6 Å². The van der Waals surface area contributed by atoms with Crippen LogP contribution in [0.5, 0.6) is 0 Å². The molecular formula is C10H19N3O4. The number of aliphatic carboxylic acids is 1. The first-order valence-corrected chi connectivity index (χ1v) is 5.75. The van der Waals surface area contributed by atoms with Crippen LogP contribution >= 0.6 is 0 Å². The van der Waals surface area contributed by atoms with Crippen LogP contribution in [0.4, 0.5) is 4.79 Å². The molecule has 0 bridgehead atoms. The standard InChI is InChI=1S/C10H19N3O4/c14-6-8(9(15)16)13-10(17)12-5-1-4-11-7-2-3-7/h7-8,11,14H,1-6H2,(H,15,16)(H2,12,13,17)/t8-/m1/s1. The minimum absolute atomic E-state index is 0.476. The summed E-state index contributed by atoms with van der Waals surface area (Å²) in [5.74, 6) is -1.25. The molecule has 1 saturated carbocycles. The van der Waals surface area contributed by atoms with E-state index in [1.807, 2.05) is 0 Å². The summed E-state index contributed by atoms with van der Waals surface area (Å²) >= 11 is 0. The van der Waals surface area contributed by atoms with Gasteiger partial charge < -0.3 is 26.2 Å². The maximum absolute atomic E-state index is 11.2. The van der Waals surface area contributed by atoms with Gasteiger partial charge in [0.15, 0.2) is 6.04 Å². The van der Waals surface area contributed by atoms with Crippen molar-refractivity contribution >= 4 is 12.0 Å². The van der Waals surface area contributed by atoms with Crippen LogP contribution in [0.15, 0.2) is 0 Å². The Morgan fingerprint density at radius 2 is 2.00 bits per heavy atom. The van der Waals surface area contributed by atoms with E-state index in [1.165, 1.54) is 12.8 Å². The highest BCUT2D eigenvalue weighted by molar-refractivity contribution is 5.82. The van der Waals surface area contributed by atoms with E-state index < -0.39 is 24.6 Å². The van der Waals surface area contributed by atoms with Crippen molar-refractivity contribution in [3.63, 3.8) is 0 Å². The summed E-state index contributed by atoms with van der Waals surface area (Å²) in [6, 6.07) is -1.17. The lowest BCUT2D eigenvalue weighted by atomic mass is 10.3. The lowest BCUT2D eigenvalue weighted by Crippen LogP contribution is -2.48. The molecule has 17 heavy (non-hydrogen) atoms. The van der Waals surface area contributed by atoms with Crippen molar-refractivity contribution in [1.82, 2.24) is 16.0 Å². The fraction of sp³-hybridized carbons (Fsp3) is 0.800. The largest absolute Gasteiger partial charge is 0.480 e. The van der Waals surface area contributed by atoms with Gasteiger partial charge in [-0.3, -0.25) is 0 Å². The Morgan fingerprint density at radius 1 is 1.29 bits per heavy atom. The molecule has 0 spiro atoms. The van der Waals surface area contributed by atoms with Crippen LogP contribution in [-0.4, -0.2) is 54.0 Å². The van der Waals surface area contributed by atoms with Gasteiger partial charge >= 0.3 is 12.0 Å². The summed E-state index contributed by atoms with van der Waals surface area (Å²) in [5, 5.41) is 25.3. The van der Waals surface area contributed by atoms with Crippen LogP contribution < -0.4 is 16.0 Å². The van der Waals surface area contributed by atoms with E-state index in [0.717, 1.165) is 13.0 Å². The molecule has 1 aliphatic rings. The van der Waals surface area contributed by atoms with Crippen LogP contribution in [0, 0.1) is 0 Å². The second kappa shape index (κ2) is 7.08. The van der Waals surface area contributed by atoms with Gasteiger partial charge in [-0.25, -0.2) is 9.59 Å². The quantitative estimate of drug-likeness (QED) is 0.348. The lowest BCUT2D eigenvalue weighted by Gasteiger charge is -2.12. The molecule has 1 rings (SSSR count). The van der Waals surface area contributed by atoms with E-state index in [0.29, 0.717) is 12.6 Å². The highest BCUT2D eigenvalue weighted by atomic mass is 16.4. The Hall–Kier alpha value is -1.34. The van der Waals surface area contributed by atoms with Crippen molar-refractivity contribution in [3.05, 3.63) is 0 Å². The number of carboxylic acid groups (broad SMARTS) is 1. The summed E-state index contributed by atoms with van der Waals surface area (Å²) in [5.41, 5.74) is 0. The van der Waals surface area contributed by atoms with E-state index in [9.17, 15) is 9.59 Å². The van der Waals surface area contributed by atoms with Crippen molar-refractivity contribution in [1.29, 1.82) is 0 Å². The third-order valence-electron chi connectivity index (χ3n) is 2.44. The minimum atomic E-state index is -1.25. The van der Waals surface area contributed by atoms with Crippen molar-refractivity contribution in [3.8, 4) is 0 Å². The third kappa shape index (κ3) is 6.08. The number of aliphatic hydroxyl groups excluding tert-OH is 1. The number of rotatable bonds is 8.